The predicted octanol–water partition coefficient (Wildman–Crippen LogP) is 2.79. The van der Waals surface area contributed by atoms with E-state index in [0.29, 0.717) is 18.8 Å². The van der Waals surface area contributed by atoms with Crippen LogP contribution in [0.5, 0.6) is 0 Å². The molecule has 7 nitrogen and oxygen atoms in total. The zero-order valence-corrected chi connectivity index (χ0v) is 17.3. The monoisotopic (exact) mass is 445 g/mol. The molecule has 1 fully saturated rings. The number of nitrogens with one attached hydrogen (secondary N) is 2. The molecule has 2 aromatic rings. The highest BCUT2D eigenvalue weighted by atomic mass is 79.9. The molecule has 0 radical (unpaired) electrons. The molecule has 0 saturated carbocycles. The van der Waals surface area contributed by atoms with Gasteiger partial charge in [-0.2, -0.15) is 0 Å². The minimum atomic E-state index is -0.382. The molecule has 2 aromatic carbocycles. The highest BCUT2D eigenvalue weighted by Gasteiger charge is 2.28. The number of urea groups is 1. The number of halogens is 1. The summed E-state index contributed by atoms with van der Waals surface area (Å²) in [5.74, 6) is -0.146. The fourth-order valence-corrected chi connectivity index (χ4v) is 3.77. The second-order valence-corrected chi connectivity index (χ2v) is 7.58. The summed E-state index contributed by atoms with van der Waals surface area (Å²) in [6.45, 7) is 3.72. The van der Waals surface area contributed by atoms with Gasteiger partial charge in [0, 0.05) is 29.8 Å². The molecule has 3 rings (SSSR count). The van der Waals surface area contributed by atoms with Crippen LogP contribution in [0.3, 0.4) is 0 Å². The Morgan fingerprint density at radius 3 is 2.57 bits per heavy atom. The number of anilines is 2. The number of hydrogen-bond acceptors (Lipinski definition) is 4. The fraction of sp³-hybridized carbons (Fsp3) is 0.300. The SMILES string of the molecule is Cc1ccc(N2CCCN2C(=O)CNC(=O)NCc2ccc(N)cc2)c(Br)c1. The van der Waals surface area contributed by atoms with Crippen molar-refractivity contribution < 1.29 is 9.59 Å². The number of nitrogens with two attached hydrogens (primary N) is 1. The molecule has 3 amide bonds. The number of carbonyl (C=O) groups excluding carboxylic acids is 2. The average Bonchev–Trinajstić information content (AvgIpc) is 3.15. The molecule has 0 aromatic heterocycles. The number of carbonyl (C=O) groups is 2. The van der Waals surface area contributed by atoms with Gasteiger partial charge in [0.2, 0.25) is 0 Å². The molecular formula is C20H24BrN5O2. The van der Waals surface area contributed by atoms with Crippen LogP contribution in [0, 0.1) is 6.92 Å². The van der Waals surface area contributed by atoms with Gasteiger partial charge in [-0.05, 0) is 64.7 Å². The Labute approximate surface area is 173 Å². The summed E-state index contributed by atoms with van der Waals surface area (Å²) in [5.41, 5.74) is 9.35. The summed E-state index contributed by atoms with van der Waals surface area (Å²) in [6.07, 6.45) is 0.884. The van der Waals surface area contributed by atoms with Crippen LogP contribution < -0.4 is 21.4 Å². The van der Waals surface area contributed by atoms with Crippen molar-refractivity contribution in [3.8, 4) is 0 Å². The van der Waals surface area contributed by atoms with Gasteiger partial charge in [-0.25, -0.2) is 4.79 Å². The molecule has 0 bridgehead atoms. The van der Waals surface area contributed by atoms with Gasteiger partial charge >= 0.3 is 6.03 Å². The Balaban J connectivity index is 1.52. The number of amides is 3. The summed E-state index contributed by atoms with van der Waals surface area (Å²) in [5, 5.41) is 9.02. The largest absolute Gasteiger partial charge is 0.399 e. The molecule has 28 heavy (non-hydrogen) atoms. The molecular weight excluding hydrogens is 422 g/mol. The lowest BCUT2D eigenvalue weighted by Gasteiger charge is -2.30. The first-order chi connectivity index (χ1) is 13.4. The van der Waals surface area contributed by atoms with Crippen molar-refractivity contribution in [1.82, 2.24) is 15.6 Å². The van der Waals surface area contributed by atoms with E-state index in [-0.39, 0.29) is 18.5 Å². The topological polar surface area (TPSA) is 90.7 Å². The molecule has 1 aliphatic heterocycles. The molecule has 0 unspecified atom stereocenters. The van der Waals surface area contributed by atoms with E-state index in [2.05, 4.69) is 26.6 Å². The third-order valence-electron chi connectivity index (χ3n) is 4.53. The molecule has 4 N–H and O–H groups in total. The Morgan fingerprint density at radius 2 is 1.86 bits per heavy atom. The molecule has 0 atom stereocenters. The van der Waals surface area contributed by atoms with Crippen LogP contribution >= 0.6 is 15.9 Å². The third-order valence-corrected chi connectivity index (χ3v) is 5.17. The average molecular weight is 446 g/mol. The van der Waals surface area contributed by atoms with Crippen molar-refractivity contribution in [2.45, 2.75) is 19.9 Å². The number of rotatable bonds is 5. The number of nitrogen functional groups attached to an aromatic ring is 1. The van der Waals surface area contributed by atoms with Crippen molar-refractivity contribution in [2.24, 2.45) is 0 Å². The van der Waals surface area contributed by atoms with Gasteiger partial charge < -0.3 is 16.4 Å². The lowest BCUT2D eigenvalue weighted by molar-refractivity contribution is -0.129. The lowest BCUT2D eigenvalue weighted by atomic mass is 10.2. The van der Waals surface area contributed by atoms with Gasteiger partial charge in [-0.15, -0.1) is 0 Å². The van der Waals surface area contributed by atoms with Crippen LogP contribution in [-0.2, 0) is 11.3 Å². The maximum atomic E-state index is 12.6. The van der Waals surface area contributed by atoms with Crippen LogP contribution in [0.4, 0.5) is 16.2 Å². The minimum absolute atomic E-state index is 0.0620. The number of hydrazine groups is 1. The minimum Gasteiger partial charge on any atom is -0.399 e. The standard InChI is InChI=1S/C20H24BrN5O2/c1-14-3-8-18(17(21)11-14)25-9-2-10-26(25)19(27)13-24-20(28)23-12-15-4-6-16(22)7-5-15/h3-8,11H,2,9-10,12-13,22H2,1H3,(H2,23,24,28). The van der Waals surface area contributed by atoms with E-state index in [1.54, 1.807) is 17.1 Å². The summed E-state index contributed by atoms with van der Waals surface area (Å²) in [7, 11) is 0. The van der Waals surface area contributed by atoms with Crippen molar-refractivity contribution in [2.75, 3.05) is 30.4 Å². The van der Waals surface area contributed by atoms with E-state index in [0.717, 1.165) is 34.3 Å². The molecule has 1 heterocycles. The second-order valence-electron chi connectivity index (χ2n) is 6.73. The number of nitrogens with zero attached hydrogens (tertiary/aromatic N) is 2. The molecule has 148 valence electrons. The van der Waals surface area contributed by atoms with Crippen LogP contribution in [0.25, 0.3) is 0 Å². The second kappa shape index (κ2) is 8.97. The smallest absolute Gasteiger partial charge is 0.315 e. The van der Waals surface area contributed by atoms with E-state index < -0.39 is 0 Å². The maximum Gasteiger partial charge on any atom is 0.315 e. The molecule has 1 aliphatic rings. The molecule has 1 saturated heterocycles. The Morgan fingerprint density at radius 1 is 1.11 bits per heavy atom. The predicted molar refractivity (Wildman–Crippen MR) is 114 cm³/mol. The van der Waals surface area contributed by atoms with Crippen LogP contribution in [-0.4, -0.2) is 36.6 Å². The zero-order chi connectivity index (χ0) is 20.1. The van der Waals surface area contributed by atoms with Gasteiger partial charge in [0.25, 0.3) is 5.91 Å². The first-order valence-corrected chi connectivity index (χ1v) is 9.93. The highest BCUT2D eigenvalue weighted by molar-refractivity contribution is 9.10. The van der Waals surface area contributed by atoms with Crippen molar-refractivity contribution in [3.05, 3.63) is 58.1 Å². The van der Waals surface area contributed by atoms with E-state index in [1.807, 2.05) is 42.3 Å². The van der Waals surface area contributed by atoms with E-state index in [1.165, 1.54) is 0 Å². The van der Waals surface area contributed by atoms with Gasteiger partial charge in [-0.3, -0.25) is 14.8 Å². The number of benzene rings is 2. The van der Waals surface area contributed by atoms with Crippen LogP contribution in [0.2, 0.25) is 0 Å². The van der Waals surface area contributed by atoms with Gasteiger partial charge in [-0.1, -0.05) is 18.2 Å². The van der Waals surface area contributed by atoms with E-state index in [9.17, 15) is 9.59 Å². The summed E-state index contributed by atoms with van der Waals surface area (Å²) in [6, 6.07) is 12.9. The van der Waals surface area contributed by atoms with Crippen molar-refractivity contribution in [3.63, 3.8) is 0 Å². The number of aryl methyl sites for hydroxylation is 1. The van der Waals surface area contributed by atoms with Crippen molar-refractivity contribution in [1.29, 1.82) is 0 Å². The van der Waals surface area contributed by atoms with Crippen LogP contribution in [0.1, 0.15) is 17.5 Å². The molecule has 8 heteroatoms. The Kier molecular flexibility index (Phi) is 6.41. The zero-order valence-electron chi connectivity index (χ0n) is 15.7. The first kappa shape index (κ1) is 20.0. The third kappa shape index (κ3) is 4.95. The summed E-state index contributed by atoms with van der Waals surface area (Å²) < 4.78 is 0.946. The summed E-state index contributed by atoms with van der Waals surface area (Å²) in [4.78, 5) is 24.6. The quantitative estimate of drug-likeness (QED) is 0.617. The van der Waals surface area contributed by atoms with Gasteiger partial charge in [0.15, 0.2) is 0 Å². The maximum absolute atomic E-state index is 12.6. The van der Waals surface area contributed by atoms with Gasteiger partial charge in [0.05, 0.1) is 5.69 Å². The van der Waals surface area contributed by atoms with E-state index >= 15 is 0 Å². The van der Waals surface area contributed by atoms with Crippen LogP contribution in [0.15, 0.2) is 46.9 Å². The number of hydrogen-bond donors (Lipinski definition) is 3. The lowest BCUT2D eigenvalue weighted by Crippen LogP contribution is -2.48. The fourth-order valence-electron chi connectivity index (χ4n) is 3.07. The first-order valence-electron chi connectivity index (χ1n) is 9.14. The molecule has 0 aliphatic carbocycles. The Bertz CT molecular complexity index is 856. The highest BCUT2D eigenvalue weighted by Crippen LogP contribution is 2.30. The Hall–Kier alpha value is -2.74. The normalized spacial score (nSPS) is 13.5. The van der Waals surface area contributed by atoms with Gasteiger partial charge in [0.1, 0.15) is 6.54 Å². The summed E-state index contributed by atoms with van der Waals surface area (Å²) >= 11 is 3.58. The van der Waals surface area contributed by atoms with Crippen molar-refractivity contribution >= 4 is 39.2 Å². The molecule has 0 spiro atoms. The van der Waals surface area contributed by atoms with E-state index in [4.69, 9.17) is 5.73 Å².